The lowest BCUT2D eigenvalue weighted by atomic mass is 9.95. The smallest absolute Gasteiger partial charge is 0.260 e. The zero-order valence-corrected chi connectivity index (χ0v) is 16.7. The maximum atomic E-state index is 12.9. The lowest BCUT2D eigenvalue weighted by Gasteiger charge is -2.37. The molecule has 7 heteroatoms. The summed E-state index contributed by atoms with van der Waals surface area (Å²) in [6.45, 7) is 3.17. The van der Waals surface area contributed by atoms with E-state index in [9.17, 15) is 9.59 Å². The second-order valence-electron chi connectivity index (χ2n) is 7.21. The standard InChI is InChI=1S/C20H29N3O3.ClH/c1-22(17-9-11-21-12-10-17)20(25)16-6-5-13-23(14-16)19(24)15-26-18-7-3-2-4-8-18;/h2-4,7-8,16-17,21H,5-6,9-15H2,1H3;1H. The van der Waals surface area contributed by atoms with Gasteiger partial charge in [0.15, 0.2) is 6.61 Å². The van der Waals surface area contributed by atoms with E-state index in [1.54, 1.807) is 4.90 Å². The van der Waals surface area contributed by atoms with Gasteiger partial charge in [-0.1, -0.05) is 18.2 Å². The van der Waals surface area contributed by atoms with Gasteiger partial charge in [-0.25, -0.2) is 0 Å². The summed E-state index contributed by atoms with van der Waals surface area (Å²) in [6, 6.07) is 9.66. The van der Waals surface area contributed by atoms with Crippen LogP contribution in [0.3, 0.4) is 0 Å². The van der Waals surface area contributed by atoms with Gasteiger partial charge in [0.25, 0.3) is 5.91 Å². The van der Waals surface area contributed by atoms with Crippen LogP contribution in [-0.4, -0.2) is 67.5 Å². The molecule has 0 saturated carbocycles. The highest BCUT2D eigenvalue weighted by molar-refractivity contribution is 5.85. The molecule has 150 valence electrons. The summed E-state index contributed by atoms with van der Waals surface area (Å²) in [4.78, 5) is 29.1. The van der Waals surface area contributed by atoms with Crippen molar-refractivity contribution in [3.8, 4) is 5.75 Å². The van der Waals surface area contributed by atoms with Crippen LogP contribution in [0.5, 0.6) is 5.75 Å². The molecule has 2 saturated heterocycles. The number of nitrogens with zero attached hydrogens (tertiary/aromatic N) is 2. The molecule has 2 heterocycles. The average Bonchev–Trinajstić information content (AvgIpc) is 2.72. The Balaban J connectivity index is 0.00000261. The van der Waals surface area contributed by atoms with Gasteiger partial charge in [0.2, 0.25) is 5.91 Å². The number of hydrogen-bond acceptors (Lipinski definition) is 4. The SMILES string of the molecule is CN(C(=O)C1CCCN(C(=O)COc2ccccc2)C1)C1CCNCC1.Cl. The van der Waals surface area contributed by atoms with Crippen LogP contribution in [0, 0.1) is 5.92 Å². The molecule has 0 aliphatic carbocycles. The fourth-order valence-corrected chi connectivity index (χ4v) is 3.82. The van der Waals surface area contributed by atoms with Gasteiger partial charge in [0, 0.05) is 26.2 Å². The number of hydrogen-bond donors (Lipinski definition) is 1. The minimum atomic E-state index is -0.0932. The Bertz CT molecular complexity index is 608. The van der Waals surface area contributed by atoms with E-state index in [0.717, 1.165) is 38.8 Å². The summed E-state index contributed by atoms with van der Waals surface area (Å²) >= 11 is 0. The number of halogens is 1. The molecule has 6 nitrogen and oxygen atoms in total. The average molecular weight is 396 g/mol. The molecule has 0 radical (unpaired) electrons. The van der Waals surface area contributed by atoms with Crippen LogP contribution >= 0.6 is 12.4 Å². The van der Waals surface area contributed by atoms with Gasteiger partial charge in [-0.05, 0) is 50.9 Å². The van der Waals surface area contributed by atoms with E-state index >= 15 is 0 Å². The number of rotatable bonds is 5. The fraction of sp³-hybridized carbons (Fsp3) is 0.600. The van der Waals surface area contributed by atoms with Crippen LogP contribution < -0.4 is 10.1 Å². The van der Waals surface area contributed by atoms with Gasteiger partial charge >= 0.3 is 0 Å². The molecule has 0 spiro atoms. The van der Waals surface area contributed by atoms with E-state index in [2.05, 4.69) is 5.32 Å². The first kappa shape index (κ1) is 21.5. The first-order valence-electron chi connectivity index (χ1n) is 9.58. The van der Waals surface area contributed by atoms with E-state index in [1.165, 1.54) is 0 Å². The molecule has 1 aromatic rings. The van der Waals surface area contributed by atoms with Crippen molar-refractivity contribution in [2.75, 3.05) is 39.8 Å². The zero-order valence-electron chi connectivity index (χ0n) is 15.9. The van der Waals surface area contributed by atoms with E-state index in [-0.39, 0.29) is 36.7 Å². The lowest BCUT2D eigenvalue weighted by Crippen LogP contribution is -2.50. The number of amides is 2. The number of benzene rings is 1. The number of nitrogens with one attached hydrogen (secondary N) is 1. The quantitative estimate of drug-likeness (QED) is 0.827. The highest BCUT2D eigenvalue weighted by atomic mass is 35.5. The lowest BCUT2D eigenvalue weighted by molar-refractivity contribution is -0.142. The third kappa shape index (κ3) is 5.84. The number of piperidine rings is 2. The van der Waals surface area contributed by atoms with Crippen molar-refractivity contribution in [3.63, 3.8) is 0 Å². The highest BCUT2D eigenvalue weighted by Gasteiger charge is 2.32. The van der Waals surface area contributed by atoms with Crippen molar-refractivity contribution in [1.82, 2.24) is 15.1 Å². The molecular weight excluding hydrogens is 366 g/mol. The molecule has 27 heavy (non-hydrogen) atoms. The molecule has 3 rings (SSSR count). The van der Waals surface area contributed by atoms with Crippen LogP contribution in [0.15, 0.2) is 30.3 Å². The minimum Gasteiger partial charge on any atom is -0.484 e. The number of para-hydroxylation sites is 1. The Morgan fingerprint density at radius 1 is 1.19 bits per heavy atom. The summed E-state index contributed by atoms with van der Waals surface area (Å²) in [5.74, 6) is 0.731. The van der Waals surface area contributed by atoms with Gasteiger partial charge in [-0.2, -0.15) is 0 Å². The summed E-state index contributed by atoms with van der Waals surface area (Å²) in [5.41, 5.74) is 0. The van der Waals surface area contributed by atoms with Crippen molar-refractivity contribution in [1.29, 1.82) is 0 Å². The van der Waals surface area contributed by atoms with Crippen molar-refractivity contribution in [2.24, 2.45) is 5.92 Å². The van der Waals surface area contributed by atoms with Crippen molar-refractivity contribution in [3.05, 3.63) is 30.3 Å². The van der Waals surface area contributed by atoms with Crippen LogP contribution in [0.4, 0.5) is 0 Å². The zero-order chi connectivity index (χ0) is 18.4. The molecule has 1 N–H and O–H groups in total. The molecule has 2 aliphatic rings. The normalized spacial score (nSPS) is 20.5. The van der Waals surface area contributed by atoms with Crippen molar-refractivity contribution < 1.29 is 14.3 Å². The number of ether oxygens (including phenoxy) is 1. The van der Waals surface area contributed by atoms with Gasteiger partial charge < -0.3 is 19.9 Å². The van der Waals surface area contributed by atoms with E-state index in [0.29, 0.717) is 24.9 Å². The Morgan fingerprint density at radius 3 is 2.59 bits per heavy atom. The monoisotopic (exact) mass is 395 g/mol. The first-order chi connectivity index (χ1) is 12.6. The maximum Gasteiger partial charge on any atom is 0.260 e. The largest absolute Gasteiger partial charge is 0.484 e. The highest BCUT2D eigenvalue weighted by Crippen LogP contribution is 2.21. The summed E-state index contributed by atoms with van der Waals surface area (Å²) < 4.78 is 5.57. The second kappa shape index (κ2) is 10.5. The Kier molecular flexibility index (Phi) is 8.38. The second-order valence-corrected chi connectivity index (χ2v) is 7.21. The Labute approximate surface area is 167 Å². The van der Waals surface area contributed by atoms with Crippen LogP contribution in [-0.2, 0) is 9.59 Å². The van der Waals surface area contributed by atoms with Gasteiger partial charge in [-0.3, -0.25) is 9.59 Å². The van der Waals surface area contributed by atoms with Crippen LogP contribution in [0.25, 0.3) is 0 Å². The molecule has 2 fully saturated rings. The van der Waals surface area contributed by atoms with E-state index in [4.69, 9.17) is 4.74 Å². The molecule has 1 atom stereocenters. The molecular formula is C20H30ClN3O3. The molecule has 1 aromatic carbocycles. The Hall–Kier alpha value is -1.79. The van der Waals surface area contributed by atoms with Crippen molar-refractivity contribution >= 4 is 24.2 Å². The minimum absolute atomic E-state index is 0. The predicted octanol–water partition coefficient (Wildman–Crippen LogP) is 1.94. The maximum absolute atomic E-state index is 12.9. The van der Waals surface area contributed by atoms with Crippen LogP contribution in [0.2, 0.25) is 0 Å². The molecule has 0 bridgehead atoms. The predicted molar refractivity (Wildman–Crippen MR) is 107 cm³/mol. The summed E-state index contributed by atoms with van der Waals surface area (Å²) in [7, 11) is 1.91. The number of likely N-dealkylation sites (tertiary alicyclic amines) is 1. The van der Waals surface area contributed by atoms with E-state index in [1.807, 2.05) is 42.3 Å². The topological polar surface area (TPSA) is 61.9 Å². The number of carbonyl (C=O) groups is 2. The van der Waals surface area contributed by atoms with Crippen LogP contribution in [0.1, 0.15) is 25.7 Å². The van der Waals surface area contributed by atoms with Crippen molar-refractivity contribution in [2.45, 2.75) is 31.7 Å². The molecule has 0 aromatic heterocycles. The third-order valence-corrected chi connectivity index (χ3v) is 5.43. The third-order valence-electron chi connectivity index (χ3n) is 5.43. The summed E-state index contributed by atoms with van der Waals surface area (Å²) in [5, 5.41) is 3.33. The first-order valence-corrected chi connectivity index (χ1v) is 9.58. The summed E-state index contributed by atoms with van der Waals surface area (Å²) in [6.07, 6.45) is 3.73. The fourth-order valence-electron chi connectivity index (χ4n) is 3.82. The van der Waals surface area contributed by atoms with Gasteiger partial charge in [0.1, 0.15) is 5.75 Å². The van der Waals surface area contributed by atoms with Gasteiger partial charge in [-0.15, -0.1) is 12.4 Å². The Morgan fingerprint density at radius 2 is 1.89 bits per heavy atom. The molecule has 2 amide bonds. The van der Waals surface area contributed by atoms with E-state index < -0.39 is 0 Å². The number of carbonyl (C=O) groups excluding carboxylic acids is 2. The molecule has 1 unspecified atom stereocenters. The van der Waals surface area contributed by atoms with Gasteiger partial charge in [0.05, 0.1) is 5.92 Å². The molecule has 2 aliphatic heterocycles.